The predicted octanol–water partition coefficient (Wildman–Crippen LogP) is 3.61. The molecule has 1 atom stereocenters. The third-order valence-electron chi connectivity index (χ3n) is 5.92. The molecule has 34 heavy (non-hydrogen) atoms. The third-order valence-corrected chi connectivity index (χ3v) is 5.92. The smallest absolute Gasteiger partial charge is 0.254 e. The lowest BCUT2D eigenvalue weighted by atomic mass is 10.0. The van der Waals surface area contributed by atoms with E-state index in [2.05, 4.69) is 20.9 Å². The molecule has 1 aliphatic heterocycles. The summed E-state index contributed by atoms with van der Waals surface area (Å²) in [5.74, 6) is -1.56. The van der Waals surface area contributed by atoms with Gasteiger partial charge >= 0.3 is 0 Å². The van der Waals surface area contributed by atoms with Crippen LogP contribution in [-0.2, 0) is 11.2 Å². The van der Waals surface area contributed by atoms with Gasteiger partial charge in [0, 0.05) is 26.2 Å². The number of piperazine rings is 1. The van der Waals surface area contributed by atoms with E-state index in [1.54, 1.807) is 6.07 Å². The van der Waals surface area contributed by atoms with Crippen LogP contribution in [0.5, 0.6) is 0 Å². The van der Waals surface area contributed by atoms with Crippen molar-refractivity contribution in [2.45, 2.75) is 18.9 Å². The summed E-state index contributed by atoms with van der Waals surface area (Å²) in [5, 5.41) is 9.08. The summed E-state index contributed by atoms with van der Waals surface area (Å²) in [5.41, 5.74) is 2.61. The van der Waals surface area contributed by atoms with Crippen LogP contribution in [0.1, 0.15) is 22.3 Å². The number of nitrogens with one attached hydrogen (secondary N) is 3. The van der Waals surface area contributed by atoms with Crippen molar-refractivity contribution in [2.24, 2.45) is 0 Å². The molecule has 0 saturated carbocycles. The Labute approximate surface area is 199 Å². The number of amides is 2. The van der Waals surface area contributed by atoms with Crippen LogP contribution in [0.15, 0.2) is 78.9 Å². The Bertz CT molecular complexity index is 1120. The van der Waals surface area contributed by atoms with E-state index in [0.29, 0.717) is 18.5 Å². The summed E-state index contributed by atoms with van der Waals surface area (Å²) in [6.07, 6.45) is 0.974. The van der Waals surface area contributed by atoms with Crippen molar-refractivity contribution in [3.8, 4) is 0 Å². The summed E-state index contributed by atoms with van der Waals surface area (Å²) in [4.78, 5) is 28.4. The molecule has 3 N–H and O–H groups in total. The largest absolute Gasteiger partial charge is 0.367 e. The number of aryl methyl sites for hydroxylation is 1. The minimum Gasteiger partial charge on any atom is -0.367 e. The van der Waals surface area contributed by atoms with Crippen molar-refractivity contribution < 1.29 is 14.0 Å². The molecule has 1 fully saturated rings. The molecule has 7 heteroatoms. The molecular weight excluding hydrogens is 431 g/mol. The first-order valence-electron chi connectivity index (χ1n) is 11.6. The van der Waals surface area contributed by atoms with Gasteiger partial charge in [0.2, 0.25) is 5.91 Å². The maximum atomic E-state index is 14.2. The first kappa shape index (κ1) is 23.4. The van der Waals surface area contributed by atoms with E-state index in [0.717, 1.165) is 37.4 Å². The average Bonchev–Trinajstić information content (AvgIpc) is 2.88. The van der Waals surface area contributed by atoms with Crippen LogP contribution in [-0.4, -0.2) is 44.0 Å². The lowest BCUT2D eigenvalue weighted by Gasteiger charge is -2.31. The van der Waals surface area contributed by atoms with Gasteiger partial charge in [0.05, 0.1) is 16.9 Å². The highest BCUT2D eigenvalue weighted by Gasteiger charge is 2.24. The van der Waals surface area contributed by atoms with Crippen LogP contribution in [0.3, 0.4) is 0 Å². The molecule has 0 spiro atoms. The van der Waals surface area contributed by atoms with Gasteiger partial charge < -0.3 is 20.9 Å². The number of hydrogen-bond acceptors (Lipinski definition) is 4. The van der Waals surface area contributed by atoms with E-state index in [-0.39, 0.29) is 11.5 Å². The van der Waals surface area contributed by atoms with Gasteiger partial charge in [-0.15, -0.1) is 0 Å². The van der Waals surface area contributed by atoms with E-state index in [1.807, 2.05) is 54.6 Å². The number of halogens is 1. The van der Waals surface area contributed by atoms with Gasteiger partial charge in [0.15, 0.2) is 0 Å². The molecule has 4 rings (SSSR count). The Kier molecular flexibility index (Phi) is 7.88. The summed E-state index contributed by atoms with van der Waals surface area (Å²) >= 11 is 0. The first-order valence-corrected chi connectivity index (χ1v) is 11.6. The number of carbonyl (C=O) groups is 2. The van der Waals surface area contributed by atoms with Crippen LogP contribution >= 0.6 is 0 Å². The zero-order chi connectivity index (χ0) is 23.8. The summed E-state index contributed by atoms with van der Waals surface area (Å²) in [6, 6.07) is 22.4. The van der Waals surface area contributed by atoms with E-state index >= 15 is 0 Å². The van der Waals surface area contributed by atoms with Crippen molar-refractivity contribution in [1.29, 1.82) is 0 Å². The highest BCUT2D eigenvalue weighted by Crippen LogP contribution is 2.26. The Morgan fingerprint density at radius 3 is 2.35 bits per heavy atom. The van der Waals surface area contributed by atoms with Crippen molar-refractivity contribution in [3.63, 3.8) is 0 Å². The van der Waals surface area contributed by atoms with Crippen LogP contribution < -0.4 is 20.9 Å². The molecule has 6 nitrogen and oxygen atoms in total. The molecular formula is C27H29FN4O2. The lowest BCUT2D eigenvalue weighted by Crippen LogP contribution is -2.45. The first-order chi connectivity index (χ1) is 16.6. The average molecular weight is 461 g/mol. The molecule has 176 valence electrons. The number of hydrogen-bond donors (Lipinski definition) is 3. The number of nitrogens with zero attached hydrogens (tertiary/aromatic N) is 1. The molecule has 1 saturated heterocycles. The topological polar surface area (TPSA) is 73.5 Å². The minimum absolute atomic E-state index is 0.0822. The van der Waals surface area contributed by atoms with Gasteiger partial charge in [0.25, 0.3) is 5.91 Å². The Morgan fingerprint density at radius 1 is 0.912 bits per heavy atom. The predicted molar refractivity (Wildman–Crippen MR) is 133 cm³/mol. The molecule has 0 radical (unpaired) electrons. The zero-order valence-electron chi connectivity index (χ0n) is 19.0. The van der Waals surface area contributed by atoms with Gasteiger partial charge in [0.1, 0.15) is 11.9 Å². The lowest BCUT2D eigenvalue weighted by molar-refractivity contribution is -0.118. The maximum absolute atomic E-state index is 14.2. The van der Waals surface area contributed by atoms with Crippen LogP contribution in [0.2, 0.25) is 0 Å². The summed E-state index contributed by atoms with van der Waals surface area (Å²) in [7, 11) is 0. The normalized spacial score (nSPS) is 14.3. The number of anilines is 2. The maximum Gasteiger partial charge on any atom is 0.254 e. The van der Waals surface area contributed by atoms with Crippen molar-refractivity contribution in [1.82, 2.24) is 10.6 Å². The fraction of sp³-hybridized carbons (Fsp3) is 0.259. The number of carbonyl (C=O) groups excluding carboxylic acids is 2. The molecule has 2 amide bonds. The number of para-hydroxylation sites is 2. The van der Waals surface area contributed by atoms with Crippen LogP contribution in [0.25, 0.3) is 0 Å². The molecule has 3 aromatic rings. The SMILES string of the molecule is O=C(NC(CCc1ccccc1)C(=O)Nc1ccccc1N1CCNCC1)c1ccccc1F. The Balaban J connectivity index is 1.52. The summed E-state index contributed by atoms with van der Waals surface area (Å²) < 4.78 is 14.2. The minimum atomic E-state index is -0.830. The molecule has 3 aromatic carbocycles. The Hall–Kier alpha value is -3.71. The highest BCUT2D eigenvalue weighted by molar-refractivity contribution is 6.02. The molecule has 0 aromatic heterocycles. The number of benzene rings is 3. The van der Waals surface area contributed by atoms with E-state index in [4.69, 9.17) is 0 Å². The molecule has 1 aliphatic rings. The van der Waals surface area contributed by atoms with E-state index in [9.17, 15) is 14.0 Å². The second-order valence-electron chi connectivity index (χ2n) is 8.27. The van der Waals surface area contributed by atoms with E-state index < -0.39 is 17.8 Å². The van der Waals surface area contributed by atoms with E-state index in [1.165, 1.54) is 18.2 Å². The molecule has 1 unspecified atom stereocenters. The van der Waals surface area contributed by atoms with Gasteiger partial charge in [-0.3, -0.25) is 9.59 Å². The van der Waals surface area contributed by atoms with Gasteiger partial charge in [-0.25, -0.2) is 4.39 Å². The summed E-state index contributed by atoms with van der Waals surface area (Å²) in [6.45, 7) is 3.43. The highest BCUT2D eigenvalue weighted by atomic mass is 19.1. The monoisotopic (exact) mass is 460 g/mol. The second-order valence-corrected chi connectivity index (χ2v) is 8.27. The Morgan fingerprint density at radius 2 is 1.59 bits per heavy atom. The van der Waals surface area contributed by atoms with Crippen molar-refractivity contribution >= 4 is 23.2 Å². The zero-order valence-corrected chi connectivity index (χ0v) is 19.0. The second kappa shape index (κ2) is 11.4. The number of rotatable bonds is 8. The fourth-order valence-corrected chi connectivity index (χ4v) is 4.09. The molecule has 1 heterocycles. The van der Waals surface area contributed by atoms with Crippen LogP contribution in [0.4, 0.5) is 15.8 Å². The molecule has 0 bridgehead atoms. The van der Waals surface area contributed by atoms with Gasteiger partial charge in [-0.2, -0.15) is 0 Å². The molecule has 0 aliphatic carbocycles. The third kappa shape index (κ3) is 5.99. The van der Waals surface area contributed by atoms with Gasteiger partial charge in [-0.05, 0) is 42.7 Å². The standard InChI is InChI=1S/C27H29FN4O2/c28-22-11-5-4-10-21(22)26(33)31-24(15-14-20-8-2-1-3-9-20)27(34)30-23-12-6-7-13-25(23)32-18-16-29-17-19-32/h1-13,24,29H,14-19H2,(H,30,34)(H,31,33). The quantitative estimate of drug-likeness (QED) is 0.480. The fourth-order valence-electron chi connectivity index (χ4n) is 4.09. The van der Waals surface area contributed by atoms with Crippen molar-refractivity contribution in [2.75, 3.05) is 36.4 Å². The van der Waals surface area contributed by atoms with Crippen LogP contribution in [0, 0.1) is 5.82 Å². The van der Waals surface area contributed by atoms with Gasteiger partial charge in [-0.1, -0.05) is 54.6 Å². The van der Waals surface area contributed by atoms with Crippen molar-refractivity contribution in [3.05, 3.63) is 95.8 Å².